The summed E-state index contributed by atoms with van der Waals surface area (Å²) < 4.78 is 1.52. The van der Waals surface area contributed by atoms with Gasteiger partial charge in [-0.25, -0.2) is 4.98 Å². The summed E-state index contributed by atoms with van der Waals surface area (Å²) >= 11 is 7.32. The molecule has 4 aromatic rings. The van der Waals surface area contributed by atoms with Gasteiger partial charge in [0.25, 0.3) is 5.91 Å². The summed E-state index contributed by atoms with van der Waals surface area (Å²) in [4.78, 5) is 18.0. The minimum absolute atomic E-state index is 0.296. The van der Waals surface area contributed by atoms with E-state index in [0.717, 1.165) is 4.90 Å². The number of benzene rings is 2. The average molecular weight is 422 g/mol. The van der Waals surface area contributed by atoms with Crippen molar-refractivity contribution < 1.29 is 4.79 Å². The Morgan fingerprint density at radius 2 is 1.72 bits per heavy atom. The van der Waals surface area contributed by atoms with E-state index in [4.69, 9.17) is 17.3 Å². The highest BCUT2D eigenvalue weighted by atomic mass is 35.5. The number of aromatic nitrogens is 3. The van der Waals surface area contributed by atoms with Crippen LogP contribution in [0, 0.1) is 0 Å². The first-order valence-electron chi connectivity index (χ1n) is 8.71. The van der Waals surface area contributed by atoms with Crippen molar-refractivity contribution >= 4 is 40.8 Å². The van der Waals surface area contributed by atoms with Crippen molar-refractivity contribution in [1.29, 1.82) is 0 Å². The van der Waals surface area contributed by atoms with Crippen molar-refractivity contribution in [2.24, 2.45) is 0 Å². The zero-order chi connectivity index (χ0) is 20.2. The monoisotopic (exact) mass is 421 g/mol. The predicted octanol–water partition coefficient (Wildman–Crippen LogP) is 4.91. The lowest BCUT2D eigenvalue weighted by molar-refractivity contribution is 0.102. The number of halogens is 1. The van der Waals surface area contributed by atoms with Gasteiger partial charge in [-0.05, 0) is 48.5 Å². The van der Waals surface area contributed by atoms with E-state index in [1.165, 1.54) is 16.4 Å². The van der Waals surface area contributed by atoms with Gasteiger partial charge in [-0.2, -0.15) is 9.78 Å². The standard InChI is InChI=1S/C21H16ClN5OS/c22-15-11-9-14(10-12-15)20(28)25-18-19(23)27(17-8-4-5-13-24-17)26-21(18)29-16-6-2-1-3-7-16/h1-13H,23H2,(H,25,28). The molecular formula is C21H16ClN5OS. The summed E-state index contributed by atoms with van der Waals surface area (Å²) in [5.41, 5.74) is 7.25. The first kappa shape index (κ1) is 19.0. The number of pyridine rings is 1. The number of hydrogen-bond donors (Lipinski definition) is 2. The summed E-state index contributed by atoms with van der Waals surface area (Å²) in [5, 5.41) is 8.61. The molecule has 144 valence electrons. The van der Waals surface area contributed by atoms with Crippen LogP contribution in [-0.2, 0) is 0 Å². The highest BCUT2D eigenvalue weighted by Gasteiger charge is 2.21. The largest absolute Gasteiger partial charge is 0.382 e. The molecule has 2 aromatic carbocycles. The van der Waals surface area contributed by atoms with E-state index in [1.807, 2.05) is 42.5 Å². The Morgan fingerprint density at radius 3 is 2.41 bits per heavy atom. The molecule has 1 amide bonds. The molecule has 8 heteroatoms. The molecule has 0 unspecified atom stereocenters. The van der Waals surface area contributed by atoms with Crippen molar-refractivity contribution in [3.05, 3.63) is 89.6 Å². The van der Waals surface area contributed by atoms with Crippen LogP contribution in [0.1, 0.15) is 10.4 Å². The molecule has 2 heterocycles. The van der Waals surface area contributed by atoms with E-state index in [2.05, 4.69) is 15.4 Å². The Kier molecular flexibility index (Phi) is 5.50. The molecule has 6 nitrogen and oxygen atoms in total. The van der Waals surface area contributed by atoms with Crippen molar-refractivity contribution in [1.82, 2.24) is 14.8 Å². The number of carbonyl (C=O) groups is 1. The maximum Gasteiger partial charge on any atom is 0.255 e. The van der Waals surface area contributed by atoms with Crippen LogP contribution in [0.3, 0.4) is 0 Å². The van der Waals surface area contributed by atoms with Crippen LogP contribution in [0.4, 0.5) is 11.5 Å². The zero-order valence-electron chi connectivity index (χ0n) is 15.1. The van der Waals surface area contributed by atoms with E-state index in [1.54, 1.807) is 36.5 Å². The van der Waals surface area contributed by atoms with Crippen LogP contribution in [-0.4, -0.2) is 20.7 Å². The first-order chi connectivity index (χ1) is 14.1. The number of nitrogens with zero attached hydrogens (tertiary/aromatic N) is 3. The molecule has 0 spiro atoms. The second-order valence-electron chi connectivity index (χ2n) is 6.04. The predicted molar refractivity (Wildman–Crippen MR) is 116 cm³/mol. The third-order valence-corrected chi connectivity index (χ3v) is 5.30. The van der Waals surface area contributed by atoms with Gasteiger partial charge < -0.3 is 11.1 Å². The maximum absolute atomic E-state index is 12.8. The number of nitrogens with one attached hydrogen (secondary N) is 1. The molecule has 4 rings (SSSR count). The van der Waals surface area contributed by atoms with Crippen LogP contribution in [0.2, 0.25) is 5.02 Å². The number of nitrogen functional groups attached to an aromatic ring is 1. The third-order valence-electron chi connectivity index (χ3n) is 4.06. The van der Waals surface area contributed by atoms with Crippen molar-refractivity contribution in [3.8, 4) is 5.82 Å². The minimum Gasteiger partial charge on any atom is -0.382 e. The normalized spacial score (nSPS) is 10.7. The van der Waals surface area contributed by atoms with Crippen LogP contribution in [0.5, 0.6) is 0 Å². The van der Waals surface area contributed by atoms with E-state index in [9.17, 15) is 4.79 Å². The molecule has 29 heavy (non-hydrogen) atoms. The van der Waals surface area contributed by atoms with Gasteiger partial charge in [-0.1, -0.05) is 47.6 Å². The van der Waals surface area contributed by atoms with Gasteiger partial charge in [0.1, 0.15) is 10.7 Å². The molecule has 3 N–H and O–H groups in total. The average Bonchev–Trinajstić information content (AvgIpc) is 3.05. The molecule has 0 atom stereocenters. The number of amides is 1. The SMILES string of the molecule is Nc1c(NC(=O)c2ccc(Cl)cc2)c(Sc2ccccc2)nn1-c1ccccn1. The summed E-state index contributed by atoms with van der Waals surface area (Å²) in [7, 11) is 0. The van der Waals surface area contributed by atoms with Crippen molar-refractivity contribution in [3.63, 3.8) is 0 Å². The quantitative estimate of drug-likeness (QED) is 0.478. The van der Waals surface area contributed by atoms with Gasteiger partial charge in [0.15, 0.2) is 11.6 Å². The Morgan fingerprint density at radius 1 is 1.00 bits per heavy atom. The second-order valence-corrected chi connectivity index (χ2v) is 7.54. The molecule has 0 aliphatic rings. The fourth-order valence-electron chi connectivity index (χ4n) is 2.64. The molecule has 0 bridgehead atoms. The Balaban J connectivity index is 1.72. The lowest BCUT2D eigenvalue weighted by atomic mass is 10.2. The van der Waals surface area contributed by atoms with E-state index < -0.39 is 0 Å². The topological polar surface area (TPSA) is 85.8 Å². The molecular weight excluding hydrogens is 406 g/mol. The summed E-state index contributed by atoms with van der Waals surface area (Å²) in [5.74, 6) is 0.556. The van der Waals surface area contributed by atoms with Gasteiger partial charge in [0.2, 0.25) is 0 Å². The fraction of sp³-hybridized carbons (Fsp3) is 0. The van der Waals surface area contributed by atoms with Gasteiger partial charge in [0, 0.05) is 21.7 Å². The van der Waals surface area contributed by atoms with E-state index >= 15 is 0 Å². The fourth-order valence-corrected chi connectivity index (χ4v) is 3.66. The second kappa shape index (κ2) is 8.38. The Labute approximate surface area is 176 Å². The van der Waals surface area contributed by atoms with Crippen LogP contribution < -0.4 is 11.1 Å². The highest BCUT2D eigenvalue weighted by Crippen LogP contribution is 2.37. The number of anilines is 2. The Hall–Kier alpha value is -3.29. The smallest absolute Gasteiger partial charge is 0.255 e. The molecule has 0 fully saturated rings. The number of nitrogens with two attached hydrogens (primary N) is 1. The molecule has 2 aromatic heterocycles. The summed E-state index contributed by atoms with van der Waals surface area (Å²) in [6.45, 7) is 0. The Bertz CT molecular complexity index is 1130. The van der Waals surface area contributed by atoms with Crippen LogP contribution >= 0.6 is 23.4 Å². The van der Waals surface area contributed by atoms with Gasteiger partial charge in [0.05, 0.1) is 0 Å². The molecule has 0 aliphatic heterocycles. The highest BCUT2D eigenvalue weighted by molar-refractivity contribution is 7.99. The first-order valence-corrected chi connectivity index (χ1v) is 9.91. The van der Waals surface area contributed by atoms with Crippen molar-refractivity contribution in [2.75, 3.05) is 11.1 Å². The maximum atomic E-state index is 12.8. The molecule has 0 saturated heterocycles. The minimum atomic E-state index is -0.302. The van der Waals surface area contributed by atoms with Crippen LogP contribution in [0.25, 0.3) is 5.82 Å². The molecule has 0 radical (unpaired) electrons. The van der Waals surface area contributed by atoms with Crippen molar-refractivity contribution in [2.45, 2.75) is 9.92 Å². The number of rotatable bonds is 5. The molecule has 0 saturated carbocycles. The lowest BCUT2D eigenvalue weighted by Crippen LogP contribution is -2.13. The lowest BCUT2D eigenvalue weighted by Gasteiger charge is -2.07. The summed E-state index contributed by atoms with van der Waals surface area (Å²) in [6.07, 6.45) is 1.66. The molecule has 0 aliphatic carbocycles. The number of carbonyl (C=O) groups excluding carboxylic acids is 1. The van der Waals surface area contributed by atoms with Crippen LogP contribution in [0.15, 0.2) is 88.9 Å². The summed E-state index contributed by atoms with van der Waals surface area (Å²) in [6, 6.07) is 21.8. The number of hydrogen-bond acceptors (Lipinski definition) is 5. The third kappa shape index (κ3) is 4.26. The van der Waals surface area contributed by atoms with Gasteiger partial charge in [-0.15, -0.1) is 0 Å². The zero-order valence-corrected chi connectivity index (χ0v) is 16.7. The van der Waals surface area contributed by atoms with Gasteiger partial charge in [-0.3, -0.25) is 4.79 Å². The van der Waals surface area contributed by atoms with E-state index in [0.29, 0.717) is 32.9 Å². The van der Waals surface area contributed by atoms with Gasteiger partial charge >= 0.3 is 0 Å². The van der Waals surface area contributed by atoms with E-state index in [-0.39, 0.29) is 5.91 Å².